The standard InChI is InChI=1S/C17H20F2N4O2S/c1-17(2)14(24)13(23-7-3-6-21-16(23)22-9-20)11-8-10(26-15(18)19)4-5-12(11)25-17/h4-5,8,13-15,24H,3,6-7H2,1-2H3,(H,21,22). The van der Waals surface area contributed by atoms with Crippen molar-refractivity contribution in [3.63, 3.8) is 0 Å². The lowest BCUT2D eigenvalue weighted by Crippen LogP contribution is -2.57. The van der Waals surface area contributed by atoms with Crippen LogP contribution in [0.4, 0.5) is 8.78 Å². The highest BCUT2D eigenvalue weighted by molar-refractivity contribution is 7.99. The summed E-state index contributed by atoms with van der Waals surface area (Å²) in [4.78, 5) is 6.54. The van der Waals surface area contributed by atoms with Crippen molar-refractivity contribution in [3.8, 4) is 11.9 Å². The number of benzene rings is 1. The SMILES string of the molecule is CC1(C)Oc2ccc(SC(F)F)cc2C(N2CCCN=C2NC#N)C1O. The van der Waals surface area contributed by atoms with Crippen LogP contribution in [0.1, 0.15) is 31.9 Å². The zero-order valence-electron chi connectivity index (χ0n) is 14.4. The molecule has 1 aromatic carbocycles. The molecular weight excluding hydrogens is 362 g/mol. The molecule has 0 saturated heterocycles. The van der Waals surface area contributed by atoms with Gasteiger partial charge in [0.2, 0.25) is 5.96 Å². The Hall–Kier alpha value is -2.05. The summed E-state index contributed by atoms with van der Waals surface area (Å²) in [5, 5.41) is 22.5. The van der Waals surface area contributed by atoms with Crippen LogP contribution in [-0.4, -0.2) is 46.5 Å². The molecule has 2 aliphatic rings. The van der Waals surface area contributed by atoms with Crippen LogP contribution < -0.4 is 10.1 Å². The molecule has 0 fully saturated rings. The first-order valence-corrected chi connectivity index (χ1v) is 9.13. The van der Waals surface area contributed by atoms with E-state index in [1.165, 1.54) is 0 Å². The van der Waals surface area contributed by atoms with Gasteiger partial charge >= 0.3 is 0 Å². The van der Waals surface area contributed by atoms with Crippen molar-refractivity contribution in [2.75, 3.05) is 13.1 Å². The second kappa shape index (κ2) is 7.29. The molecule has 0 aliphatic carbocycles. The summed E-state index contributed by atoms with van der Waals surface area (Å²) in [6.07, 6.45) is 1.69. The molecule has 2 atom stereocenters. The Morgan fingerprint density at radius 3 is 2.96 bits per heavy atom. The molecule has 2 heterocycles. The summed E-state index contributed by atoms with van der Waals surface area (Å²) in [7, 11) is 0. The molecule has 0 radical (unpaired) electrons. The normalized spacial score (nSPS) is 24.3. The summed E-state index contributed by atoms with van der Waals surface area (Å²) in [5.74, 6) is -1.63. The van der Waals surface area contributed by atoms with Crippen molar-refractivity contribution in [2.45, 2.75) is 48.7 Å². The van der Waals surface area contributed by atoms with E-state index in [0.29, 0.717) is 47.0 Å². The van der Waals surface area contributed by atoms with Crippen LogP contribution in [0.15, 0.2) is 28.1 Å². The molecule has 6 nitrogen and oxygen atoms in total. The lowest BCUT2D eigenvalue weighted by Gasteiger charge is -2.47. The number of ether oxygens (including phenoxy) is 1. The molecule has 2 N–H and O–H groups in total. The minimum absolute atomic E-state index is 0.373. The Kier molecular flexibility index (Phi) is 5.25. The Bertz CT molecular complexity index is 751. The lowest BCUT2D eigenvalue weighted by molar-refractivity contribution is -0.0826. The van der Waals surface area contributed by atoms with E-state index in [-0.39, 0.29) is 0 Å². The number of hydrogen-bond donors (Lipinski definition) is 2. The number of nitrogens with one attached hydrogen (secondary N) is 1. The molecule has 26 heavy (non-hydrogen) atoms. The quantitative estimate of drug-likeness (QED) is 0.475. The van der Waals surface area contributed by atoms with Gasteiger partial charge in [-0.15, -0.1) is 0 Å². The van der Waals surface area contributed by atoms with E-state index >= 15 is 0 Å². The molecule has 2 unspecified atom stereocenters. The van der Waals surface area contributed by atoms with E-state index in [2.05, 4.69) is 10.3 Å². The van der Waals surface area contributed by atoms with Crippen LogP contribution in [0.2, 0.25) is 0 Å². The van der Waals surface area contributed by atoms with Crippen molar-refractivity contribution >= 4 is 17.7 Å². The fraction of sp³-hybridized carbons (Fsp3) is 0.529. The minimum atomic E-state index is -2.54. The number of hydrogen-bond acceptors (Lipinski definition) is 7. The number of guanidine groups is 1. The van der Waals surface area contributed by atoms with E-state index < -0.39 is 23.5 Å². The van der Waals surface area contributed by atoms with Gasteiger partial charge in [0.1, 0.15) is 17.5 Å². The summed E-state index contributed by atoms with van der Waals surface area (Å²) in [6, 6.07) is 4.29. The molecule has 0 spiro atoms. The third kappa shape index (κ3) is 3.57. The number of fused-ring (bicyclic) bond motifs is 1. The van der Waals surface area contributed by atoms with Crippen molar-refractivity contribution < 1.29 is 18.6 Å². The van der Waals surface area contributed by atoms with Crippen molar-refractivity contribution in [1.29, 1.82) is 5.26 Å². The smallest absolute Gasteiger partial charge is 0.288 e. The molecule has 140 valence electrons. The number of aliphatic hydroxyl groups is 1. The molecule has 0 bridgehead atoms. The van der Waals surface area contributed by atoms with E-state index in [4.69, 9.17) is 10.00 Å². The minimum Gasteiger partial charge on any atom is -0.485 e. The first kappa shape index (κ1) is 18.7. The number of halogens is 2. The van der Waals surface area contributed by atoms with E-state index in [9.17, 15) is 13.9 Å². The van der Waals surface area contributed by atoms with Gasteiger partial charge in [-0.3, -0.25) is 10.3 Å². The topological polar surface area (TPSA) is 80.9 Å². The summed E-state index contributed by atoms with van der Waals surface area (Å²) in [5.41, 5.74) is -0.277. The Morgan fingerprint density at radius 1 is 1.50 bits per heavy atom. The summed E-state index contributed by atoms with van der Waals surface area (Å²) >= 11 is 0.445. The third-order valence-corrected chi connectivity index (χ3v) is 5.21. The predicted molar refractivity (Wildman–Crippen MR) is 94.1 cm³/mol. The number of nitrogens with zero attached hydrogens (tertiary/aromatic N) is 3. The maximum atomic E-state index is 12.8. The zero-order chi connectivity index (χ0) is 18.9. The van der Waals surface area contributed by atoms with Crippen LogP contribution >= 0.6 is 11.8 Å². The highest BCUT2D eigenvalue weighted by Crippen LogP contribution is 2.45. The average Bonchev–Trinajstić information content (AvgIpc) is 2.57. The Morgan fingerprint density at radius 2 is 2.27 bits per heavy atom. The maximum Gasteiger partial charge on any atom is 0.288 e. The van der Waals surface area contributed by atoms with Gasteiger partial charge < -0.3 is 14.7 Å². The number of alkyl halides is 2. The van der Waals surface area contributed by atoms with E-state index in [1.54, 1.807) is 32.0 Å². The molecule has 2 aliphatic heterocycles. The van der Waals surface area contributed by atoms with Crippen LogP contribution in [0.3, 0.4) is 0 Å². The first-order valence-electron chi connectivity index (χ1n) is 8.25. The number of rotatable bonds is 3. The van der Waals surface area contributed by atoms with Gasteiger partial charge in [0.15, 0.2) is 6.19 Å². The van der Waals surface area contributed by atoms with Gasteiger partial charge in [-0.25, -0.2) is 0 Å². The third-order valence-electron chi connectivity index (χ3n) is 4.50. The lowest BCUT2D eigenvalue weighted by atomic mass is 9.85. The summed E-state index contributed by atoms with van der Waals surface area (Å²) < 4.78 is 31.5. The molecule has 3 rings (SSSR count). The van der Waals surface area contributed by atoms with Crippen LogP contribution in [0, 0.1) is 11.5 Å². The van der Waals surface area contributed by atoms with E-state index in [0.717, 1.165) is 6.42 Å². The molecular formula is C17H20F2N4O2S. The van der Waals surface area contributed by atoms with E-state index in [1.807, 2.05) is 11.1 Å². The molecule has 0 amide bonds. The van der Waals surface area contributed by atoms with Crippen LogP contribution in [0.25, 0.3) is 0 Å². The Labute approximate surface area is 154 Å². The summed E-state index contributed by atoms with van der Waals surface area (Å²) in [6.45, 7) is 4.70. The van der Waals surface area contributed by atoms with Crippen molar-refractivity contribution in [3.05, 3.63) is 23.8 Å². The average molecular weight is 382 g/mol. The largest absolute Gasteiger partial charge is 0.485 e. The molecule has 1 aromatic rings. The van der Waals surface area contributed by atoms with Gasteiger partial charge in [0, 0.05) is 23.5 Å². The predicted octanol–water partition coefficient (Wildman–Crippen LogP) is 2.71. The number of nitriles is 1. The number of aliphatic hydroxyl groups excluding tert-OH is 1. The maximum absolute atomic E-state index is 12.8. The second-order valence-corrected chi connectivity index (χ2v) is 7.73. The fourth-order valence-electron chi connectivity index (χ4n) is 3.31. The van der Waals surface area contributed by atoms with Crippen molar-refractivity contribution in [2.24, 2.45) is 4.99 Å². The van der Waals surface area contributed by atoms with Gasteiger partial charge in [-0.2, -0.15) is 14.0 Å². The molecule has 9 heteroatoms. The van der Waals surface area contributed by atoms with Gasteiger partial charge in [0.25, 0.3) is 5.76 Å². The van der Waals surface area contributed by atoms with Gasteiger partial charge in [0.05, 0.1) is 6.04 Å². The highest BCUT2D eigenvalue weighted by Gasteiger charge is 2.46. The van der Waals surface area contributed by atoms with Gasteiger partial charge in [-0.1, -0.05) is 11.8 Å². The number of aliphatic imine (C=N–C) groups is 1. The fourth-order valence-corrected chi connectivity index (χ4v) is 3.86. The molecule has 0 aromatic heterocycles. The molecule has 0 saturated carbocycles. The highest BCUT2D eigenvalue weighted by atomic mass is 32.2. The van der Waals surface area contributed by atoms with Gasteiger partial charge in [-0.05, 0) is 38.5 Å². The number of thioether (sulfide) groups is 1. The van der Waals surface area contributed by atoms with Crippen LogP contribution in [0.5, 0.6) is 5.75 Å². The monoisotopic (exact) mass is 382 g/mol. The first-order chi connectivity index (χ1) is 12.3. The van der Waals surface area contributed by atoms with Crippen molar-refractivity contribution in [1.82, 2.24) is 10.2 Å². The van der Waals surface area contributed by atoms with Crippen LogP contribution in [-0.2, 0) is 0 Å². The Balaban J connectivity index is 2.06. The zero-order valence-corrected chi connectivity index (χ0v) is 15.3. The second-order valence-electron chi connectivity index (χ2n) is 6.66.